The summed E-state index contributed by atoms with van der Waals surface area (Å²) in [6.45, 7) is 5.42. The second kappa shape index (κ2) is 7.60. The van der Waals surface area contributed by atoms with Crippen molar-refractivity contribution < 1.29 is 9.59 Å². The highest BCUT2D eigenvalue weighted by molar-refractivity contribution is 7.12. The third-order valence-corrected chi connectivity index (χ3v) is 6.04. The molecule has 2 aromatic rings. The fourth-order valence-electron chi connectivity index (χ4n) is 3.58. The molecule has 2 saturated heterocycles. The van der Waals surface area contributed by atoms with Gasteiger partial charge < -0.3 is 9.80 Å². The quantitative estimate of drug-likeness (QED) is 0.830. The lowest BCUT2D eigenvalue weighted by atomic mass is 9.97. The number of likely N-dealkylation sites (tertiary alicyclic amines) is 1. The van der Waals surface area contributed by atoms with E-state index in [0.29, 0.717) is 13.1 Å². The minimum atomic E-state index is -0.0282. The molecule has 5 nitrogen and oxygen atoms in total. The third-order valence-electron chi connectivity index (χ3n) is 5.18. The molecule has 136 valence electrons. The number of carbonyl (C=O) groups is 2. The van der Waals surface area contributed by atoms with Crippen molar-refractivity contribution in [2.75, 3.05) is 39.3 Å². The highest BCUT2D eigenvalue weighted by Gasteiger charge is 2.39. The summed E-state index contributed by atoms with van der Waals surface area (Å²) >= 11 is 1.46. The number of amides is 2. The maximum Gasteiger partial charge on any atom is 0.263 e. The second-order valence-electron chi connectivity index (χ2n) is 6.97. The SMILES string of the molecule is O=C(c1cccs1)N1CC(C(=O)N2CCN(Cc3ccccc3)CC2)C1. The molecule has 0 N–H and O–H groups in total. The van der Waals surface area contributed by atoms with Crippen molar-refractivity contribution in [1.82, 2.24) is 14.7 Å². The van der Waals surface area contributed by atoms with Gasteiger partial charge in [-0.05, 0) is 17.0 Å². The lowest BCUT2D eigenvalue weighted by molar-refractivity contribution is -0.141. The minimum Gasteiger partial charge on any atom is -0.340 e. The largest absolute Gasteiger partial charge is 0.340 e. The van der Waals surface area contributed by atoms with Crippen LogP contribution < -0.4 is 0 Å². The van der Waals surface area contributed by atoms with Gasteiger partial charge in [-0.15, -0.1) is 11.3 Å². The first-order valence-corrected chi connectivity index (χ1v) is 9.96. The zero-order chi connectivity index (χ0) is 17.9. The van der Waals surface area contributed by atoms with E-state index in [4.69, 9.17) is 0 Å². The molecule has 0 saturated carbocycles. The van der Waals surface area contributed by atoms with Crippen LogP contribution in [-0.4, -0.2) is 65.8 Å². The van der Waals surface area contributed by atoms with E-state index in [1.54, 1.807) is 4.90 Å². The molecule has 4 rings (SSSR count). The lowest BCUT2D eigenvalue weighted by Gasteiger charge is -2.42. The topological polar surface area (TPSA) is 43.9 Å². The van der Waals surface area contributed by atoms with Crippen molar-refractivity contribution in [2.24, 2.45) is 5.92 Å². The van der Waals surface area contributed by atoms with Gasteiger partial charge in [-0.25, -0.2) is 0 Å². The summed E-state index contributed by atoms with van der Waals surface area (Å²) in [5, 5.41) is 1.91. The zero-order valence-corrected chi connectivity index (χ0v) is 15.5. The van der Waals surface area contributed by atoms with Gasteiger partial charge in [0.2, 0.25) is 5.91 Å². The molecule has 0 atom stereocenters. The summed E-state index contributed by atoms with van der Waals surface area (Å²) in [7, 11) is 0. The average Bonchev–Trinajstić information content (AvgIpc) is 3.16. The van der Waals surface area contributed by atoms with E-state index in [0.717, 1.165) is 37.6 Å². The van der Waals surface area contributed by atoms with Crippen LogP contribution >= 0.6 is 11.3 Å². The van der Waals surface area contributed by atoms with Crippen LogP contribution in [0.3, 0.4) is 0 Å². The van der Waals surface area contributed by atoms with Crippen molar-refractivity contribution in [3.63, 3.8) is 0 Å². The summed E-state index contributed by atoms with van der Waals surface area (Å²) in [6.07, 6.45) is 0. The van der Waals surface area contributed by atoms with Crippen molar-refractivity contribution in [2.45, 2.75) is 6.54 Å². The van der Waals surface area contributed by atoms with Crippen molar-refractivity contribution in [1.29, 1.82) is 0 Å². The van der Waals surface area contributed by atoms with Gasteiger partial charge in [0.05, 0.1) is 10.8 Å². The van der Waals surface area contributed by atoms with E-state index >= 15 is 0 Å². The first kappa shape index (κ1) is 17.2. The van der Waals surface area contributed by atoms with Gasteiger partial charge in [0.15, 0.2) is 0 Å². The van der Waals surface area contributed by atoms with E-state index in [9.17, 15) is 9.59 Å². The van der Waals surface area contributed by atoms with Crippen LogP contribution in [0.5, 0.6) is 0 Å². The van der Waals surface area contributed by atoms with E-state index in [2.05, 4.69) is 29.2 Å². The maximum absolute atomic E-state index is 12.7. The number of hydrogen-bond acceptors (Lipinski definition) is 4. The van der Waals surface area contributed by atoms with Gasteiger partial charge in [0.25, 0.3) is 5.91 Å². The first-order chi connectivity index (χ1) is 12.7. The summed E-state index contributed by atoms with van der Waals surface area (Å²) in [5.74, 6) is 0.232. The zero-order valence-electron chi connectivity index (χ0n) is 14.7. The summed E-state index contributed by atoms with van der Waals surface area (Å²) in [6, 6.07) is 14.2. The third kappa shape index (κ3) is 3.66. The van der Waals surface area contributed by atoms with Crippen LogP contribution in [0, 0.1) is 5.92 Å². The summed E-state index contributed by atoms with van der Waals surface area (Å²) in [5.41, 5.74) is 1.31. The van der Waals surface area contributed by atoms with E-state index in [1.165, 1.54) is 16.9 Å². The monoisotopic (exact) mass is 369 g/mol. The Morgan fingerprint density at radius 3 is 2.31 bits per heavy atom. The van der Waals surface area contributed by atoms with Crippen LogP contribution in [0.1, 0.15) is 15.2 Å². The number of thiophene rings is 1. The molecule has 0 spiro atoms. The van der Waals surface area contributed by atoms with Gasteiger partial charge in [-0.1, -0.05) is 36.4 Å². The van der Waals surface area contributed by atoms with Crippen LogP contribution in [0.4, 0.5) is 0 Å². The summed E-state index contributed by atoms with van der Waals surface area (Å²) < 4.78 is 0. The van der Waals surface area contributed by atoms with Gasteiger partial charge in [-0.2, -0.15) is 0 Å². The maximum atomic E-state index is 12.7. The highest BCUT2D eigenvalue weighted by atomic mass is 32.1. The average molecular weight is 369 g/mol. The standard InChI is InChI=1S/C20H23N3O2S/c24-19(17-14-23(15-17)20(25)18-7-4-12-26-18)22-10-8-21(9-11-22)13-16-5-2-1-3-6-16/h1-7,12,17H,8-11,13-15H2. The van der Waals surface area contributed by atoms with Gasteiger partial charge in [0.1, 0.15) is 0 Å². The molecular formula is C20H23N3O2S. The second-order valence-corrected chi connectivity index (χ2v) is 7.92. The fraction of sp³-hybridized carbons (Fsp3) is 0.400. The molecule has 6 heteroatoms. The number of nitrogens with zero attached hydrogens (tertiary/aromatic N) is 3. The number of carbonyl (C=O) groups excluding carboxylic acids is 2. The molecule has 3 heterocycles. The van der Waals surface area contributed by atoms with E-state index in [-0.39, 0.29) is 17.7 Å². The van der Waals surface area contributed by atoms with Crippen LogP contribution in [0.15, 0.2) is 47.8 Å². The Balaban J connectivity index is 1.23. The Kier molecular flexibility index (Phi) is 5.04. The Labute approximate surface area is 157 Å². The van der Waals surface area contributed by atoms with Crippen LogP contribution in [-0.2, 0) is 11.3 Å². The predicted molar refractivity (Wildman–Crippen MR) is 102 cm³/mol. The van der Waals surface area contributed by atoms with Gasteiger partial charge in [0, 0.05) is 45.8 Å². The minimum absolute atomic E-state index is 0.0282. The molecule has 1 aromatic heterocycles. The Bertz CT molecular complexity index is 749. The van der Waals surface area contributed by atoms with Gasteiger partial charge >= 0.3 is 0 Å². The number of hydrogen-bond donors (Lipinski definition) is 0. The Hall–Kier alpha value is -2.18. The smallest absolute Gasteiger partial charge is 0.263 e. The molecule has 2 amide bonds. The number of rotatable bonds is 4. The van der Waals surface area contributed by atoms with Crippen molar-refractivity contribution >= 4 is 23.2 Å². The van der Waals surface area contributed by atoms with E-state index < -0.39 is 0 Å². The Morgan fingerprint density at radius 1 is 0.923 bits per heavy atom. The molecule has 0 unspecified atom stereocenters. The molecule has 26 heavy (non-hydrogen) atoms. The molecule has 2 aliphatic rings. The van der Waals surface area contributed by atoms with E-state index in [1.807, 2.05) is 28.5 Å². The van der Waals surface area contributed by atoms with Crippen molar-refractivity contribution in [3.05, 3.63) is 58.3 Å². The molecule has 1 aromatic carbocycles. The van der Waals surface area contributed by atoms with Gasteiger partial charge in [-0.3, -0.25) is 14.5 Å². The number of piperazine rings is 1. The highest BCUT2D eigenvalue weighted by Crippen LogP contribution is 2.23. The fourth-order valence-corrected chi connectivity index (χ4v) is 4.27. The van der Waals surface area contributed by atoms with Crippen molar-refractivity contribution in [3.8, 4) is 0 Å². The molecule has 0 aliphatic carbocycles. The van der Waals surface area contributed by atoms with Crippen LogP contribution in [0.25, 0.3) is 0 Å². The molecule has 0 bridgehead atoms. The molecule has 2 fully saturated rings. The summed E-state index contributed by atoms with van der Waals surface area (Å²) in [4.78, 5) is 31.8. The first-order valence-electron chi connectivity index (χ1n) is 9.08. The Morgan fingerprint density at radius 2 is 1.65 bits per heavy atom. The van der Waals surface area contributed by atoms with Crippen LogP contribution in [0.2, 0.25) is 0 Å². The molecule has 2 aliphatic heterocycles. The molecule has 0 radical (unpaired) electrons. The lowest BCUT2D eigenvalue weighted by Crippen LogP contribution is -2.58. The predicted octanol–water partition coefficient (Wildman–Crippen LogP) is 2.16. The normalized spacial score (nSPS) is 18.6. The number of benzene rings is 1. The molecular weight excluding hydrogens is 346 g/mol.